The number of hydrogen-bond acceptors (Lipinski definition) is 4. The van der Waals surface area contributed by atoms with Crippen LogP contribution in [0.2, 0.25) is 0 Å². The lowest BCUT2D eigenvalue weighted by Gasteiger charge is -2.05. The van der Waals surface area contributed by atoms with E-state index in [1.165, 1.54) is 17.4 Å². The Kier molecular flexibility index (Phi) is 4.75. The third-order valence-corrected chi connectivity index (χ3v) is 4.02. The molecule has 1 amide bonds. The molecule has 0 aliphatic rings. The van der Waals surface area contributed by atoms with Crippen LogP contribution < -0.4 is 10.6 Å². The summed E-state index contributed by atoms with van der Waals surface area (Å²) in [6, 6.07) is 14.0. The molecule has 0 aliphatic carbocycles. The van der Waals surface area contributed by atoms with E-state index in [4.69, 9.17) is 12.2 Å². The van der Waals surface area contributed by atoms with Crippen LogP contribution in [0.15, 0.2) is 60.1 Å². The Morgan fingerprint density at radius 1 is 1.17 bits per heavy atom. The molecule has 3 aromatic rings. The lowest BCUT2D eigenvalue weighted by molar-refractivity contribution is -0.115. The van der Waals surface area contributed by atoms with Gasteiger partial charge in [-0.15, -0.1) is 11.3 Å². The summed E-state index contributed by atoms with van der Waals surface area (Å²) in [4.78, 5) is 16.0. The maximum atomic E-state index is 11.9. The smallest absolute Gasteiger partial charge is 0.250 e. The van der Waals surface area contributed by atoms with Crippen LogP contribution in [0.5, 0.6) is 0 Å². The molecule has 3 rings (SSSR count). The summed E-state index contributed by atoms with van der Waals surface area (Å²) in [5.74, 6) is -0.285. The first-order valence-corrected chi connectivity index (χ1v) is 8.18. The molecule has 114 valence electrons. The summed E-state index contributed by atoms with van der Waals surface area (Å²) in [5.41, 5.74) is 0.983. The number of nitrogens with one attached hydrogen (secondary N) is 2. The Morgan fingerprint density at radius 2 is 2.00 bits per heavy atom. The first-order valence-electron chi connectivity index (χ1n) is 6.90. The molecule has 0 aliphatic heterocycles. The summed E-state index contributed by atoms with van der Waals surface area (Å²) < 4.78 is 0. The fourth-order valence-electron chi connectivity index (χ4n) is 2.13. The number of benzene rings is 2. The minimum absolute atomic E-state index is 0.229. The SMILES string of the molecule is O=C(/C=C/c1cccc2ccccc12)NC(=S)Nc1nccs1. The van der Waals surface area contributed by atoms with Crippen molar-refractivity contribution in [1.29, 1.82) is 0 Å². The highest BCUT2D eigenvalue weighted by atomic mass is 32.1. The number of amides is 1. The second kappa shape index (κ2) is 7.13. The average Bonchev–Trinajstić information content (AvgIpc) is 3.05. The van der Waals surface area contributed by atoms with Gasteiger partial charge in [-0.25, -0.2) is 4.98 Å². The molecule has 0 atom stereocenters. The van der Waals surface area contributed by atoms with Crippen LogP contribution in [0.4, 0.5) is 5.13 Å². The Balaban J connectivity index is 1.67. The number of aromatic nitrogens is 1. The van der Waals surface area contributed by atoms with Crippen LogP contribution in [0.25, 0.3) is 16.8 Å². The van der Waals surface area contributed by atoms with Crippen molar-refractivity contribution in [1.82, 2.24) is 10.3 Å². The Labute approximate surface area is 142 Å². The minimum atomic E-state index is -0.285. The summed E-state index contributed by atoms with van der Waals surface area (Å²) in [6.45, 7) is 0. The van der Waals surface area contributed by atoms with Crippen molar-refractivity contribution in [3.05, 3.63) is 65.7 Å². The number of thiocarbonyl (C=S) groups is 1. The zero-order valence-corrected chi connectivity index (χ0v) is 13.7. The van der Waals surface area contributed by atoms with Gasteiger partial charge in [0.05, 0.1) is 0 Å². The molecule has 4 nitrogen and oxygen atoms in total. The molecule has 0 spiro atoms. The van der Waals surface area contributed by atoms with E-state index in [9.17, 15) is 4.79 Å². The largest absolute Gasteiger partial charge is 0.308 e. The number of carbonyl (C=O) groups is 1. The molecule has 0 unspecified atom stereocenters. The van der Waals surface area contributed by atoms with E-state index in [1.54, 1.807) is 12.3 Å². The van der Waals surface area contributed by atoms with Crippen LogP contribution in [-0.2, 0) is 4.79 Å². The van der Waals surface area contributed by atoms with Crippen LogP contribution in [-0.4, -0.2) is 16.0 Å². The van der Waals surface area contributed by atoms with Crippen LogP contribution in [0, 0.1) is 0 Å². The molecule has 0 saturated carbocycles. The molecule has 1 aromatic heterocycles. The average molecular weight is 339 g/mol. The third-order valence-electron chi connectivity index (χ3n) is 3.13. The number of fused-ring (bicyclic) bond motifs is 1. The topological polar surface area (TPSA) is 54.0 Å². The molecule has 6 heteroatoms. The molecular formula is C17H13N3OS2. The van der Waals surface area contributed by atoms with Crippen molar-refractivity contribution in [2.75, 3.05) is 5.32 Å². The summed E-state index contributed by atoms with van der Waals surface area (Å²) in [6.07, 6.45) is 4.92. The van der Waals surface area contributed by atoms with Crippen molar-refractivity contribution in [3.63, 3.8) is 0 Å². The molecule has 0 saturated heterocycles. The molecular weight excluding hydrogens is 326 g/mol. The zero-order chi connectivity index (χ0) is 16.1. The van der Waals surface area contributed by atoms with Gasteiger partial charge in [-0.05, 0) is 34.6 Å². The van der Waals surface area contributed by atoms with Crippen LogP contribution in [0.3, 0.4) is 0 Å². The second-order valence-electron chi connectivity index (χ2n) is 4.68. The molecule has 0 radical (unpaired) electrons. The Hall–Kier alpha value is -2.57. The van der Waals surface area contributed by atoms with Crippen molar-refractivity contribution in [2.45, 2.75) is 0 Å². The van der Waals surface area contributed by atoms with Gasteiger partial charge in [0, 0.05) is 17.7 Å². The number of anilines is 1. The number of rotatable bonds is 3. The van der Waals surface area contributed by atoms with Crippen molar-refractivity contribution < 1.29 is 4.79 Å². The molecule has 2 aromatic carbocycles. The van der Waals surface area contributed by atoms with Gasteiger partial charge in [0.15, 0.2) is 10.2 Å². The fraction of sp³-hybridized carbons (Fsp3) is 0. The molecule has 2 N–H and O–H groups in total. The monoisotopic (exact) mass is 339 g/mol. The Bertz CT molecular complexity index is 867. The maximum Gasteiger partial charge on any atom is 0.250 e. The van der Waals surface area contributed by atoms with Crippen LogP contribution >= 0.6 is 23.6 Å². The van der Waals surface area contributed by atoms with Gasteiger partial charge in [0.2, 0.25) is 5.91 Å². The molecule has 0 bridgehead atoms. The lowest BCUT2D eigenvalue weighted by Crippen LogP contribution is -2.32. The normalized spacial score (nSPS) is 10.8. The first-order chi connectivity index (χ1) is 11.2. The van der Waals surface area contributed by atoms with Gasteiger partial charge in [-0.2, -0.15) is 0 Å². The van der Waals surface area contributed by atoms with Gasteiger partial charge in [0.25, 0.3) is 0 Å². The third kappa shape index (κ3) is 4.00. The number of thiazole rings is 1. The predicted octanol–water partition coefficient (Wildman–Crippen LogP) is 3.82. The number of hydrogen-bond donors (Lipinski definition) is 2. The van der Waals surface area contributed by atoms with Crippen molar-refractivity contribution >= 4 is 56.6 Å². The second-order valence-corrected chi connectivity index (χ2v) is 5.99. The zero-order valence-electron chi connectivity index (χ0n) is 12.0. The van der Waals surface area contributed by atoms with Gasteiger partial charge in [-0.3, -0.25) is 10.1 Å². The van der Waals surface area contributed by atoms with E-state index in [0.29, 0.717) is 5.13 Å². The van der Waals surface area contributed by atoms with E-state index < -0.39 is 0 Å². The van der Waals surface area contributed by atoms with Gasteiger partial charge >= 0.3 is 0 Å². The lowest BCUT2D eigenvalue weighted by atomic mass is 10.0. The molecule has 0 fully saturated rings. The van der Waals surface area contributed by atoms with E-state index >= 15 is 0 Å². The standard InChI is InChI=1S/C17H13N3OS2/c21-15(19-16(22)20-17-18-10-11-23-17)9-8-13-6-3-5-12-4-1-2-7-14(12)13/h1-11H,(H2,18,19,20,21,22)/b9-8+. The highest BCUT2D eigenvalue weighted by Crippen LogP contribution is 2.19. The summed E-state index contributed by atoms with van der Waals surface area (Å²) in [5, 5.41) is 10.4. The van der Waals surface area contributed by atoms with Crippen molar-refractivity contribution in [2.24, 2.45) is 0 Å². The maximum absolute atomic E-state index is 11.9. The first kappa shape index (κ1) is 15.3. The summed E-state index contributed by atoms with van der Waals surface area (Å²) >= 11 is 6.49. The number of nitrogens with zero attached hydrogens (tertiary/aromatic N) is 1. The van der Waals surface area contributed by atoms with Crippen LogP contribution in [0.1, 0.15) is 5.56 Å². The predicted molar refractivity (Wildman–Crippen MR) is 99.5 cm³/mol. The van der Waals surface area contributed by atoms with Gasteiger partial charge in [0.1, 0.15) is 0 Å². The minimum Gasteiger partial charge on any atom is -0.308 e. The Morgan fingerprint density at radius 3 is 2.83 bits per heavy atom. The molecule has 1 heterocycles. The van der Waals surface area contributed by atoms with E-state index in [-0.39, 0.29) is 11.0 Å². The number of carbonyl (C=O) groups excluding carboxylic acids is 1. The van der Waals surface area contributed by atoms with E-state index in [2.05, 4.69) is 15.6 Å². The van der Waals surface area contributed by atoms with E-state index in [0.717, 1.165) is 16.3 Å². The van der Waals surface area contributed by atoms with Crippen molar-refractivity contribution in [3.8, 4) is 0 Å². The van der Waals surface area contributed by atoms with E-state index in [1.807, 2.05) is 47.8 Å². The summed E-state index contributed by atoms with van der Waals surface area (Å²) in [7, 11) is 0. The highest BCUT2D eigenvalue weighted by molar-refractivity contribution is 7.80. The molecule has 23 heavy (non-hydrogen) atoms. The fourth-order valence-corrected chi connectivity index (χ4v) is 2.92. The highest BCUT2D eigenvalue weighted by Gasteiger charge is 2.03. The van der Waals surface area contributed by atoms with Gasteiger partial charge < -0.3 is 5.32 Å². The van der Waals surface area contributed by atoms with Gasteiger partial charge in [-0.1, -0.05) is 42.5 Å². The quantitative estimate of drug-likeness (QED) is 0.563.